The minimum atomic E-state index is 0.478. The van der Waals surface area contributed by atoms with E-state index in [0.29, 0.717) is 16.9 Å². The predicted octanol–water partition coefficient (Wildman–Crippen LogP) is 3.59. The number of unbranched alkanes of at least 4 members (excludes halogenated alkanes) is 1. The maximum absolute atomic E-state index is 5.26. The summed E-state index contributed by atoms with van der Waals surface area (Å²) in [6, 6.07) is 0.677. The molecule has 0 amide bonds. The second kappa shape index (κ2) is 5.23. The Morgan fingerprint density at radius 1 is 1.19 bits per heavy atom. The number of hydrogen-bond acceptors (Lipinski definition) is 1. The van der Waals surface area contributed by atoms with Crippen molar-refractivity contribution < 1.29 is 0 Å². The fourth-order valence-electron chi connectivity index (χ4n) is 3.49. The molecule has 1 aliphatic rings. The zero-order valence-corrected chi connectivity index (χ0v) is 11.4. The average Bonchev–Trinajstić information content (AvgIpc) is 2.07. The van der Waals surface area contributed by atoms with Crippen LogP contribution < -0.4 is 5.32 Å². The van der Waals surface area contributed by atoms with Crippen molar-refractivity contribution in [1.29, 1.82) is 0 Å². The highest BCUT2D eigenvalue weighted by atomic mass is 14.9. The molecule has 92 valence electrons. The first-order valence-corrected chi connectivity index (χ1v) is 6.52. The molecule has 0 heterocycles. The lowest BCUT2D eigenvalue weighted by Crippen LogP contribution is -2.44. The van der Waals surface area contributed by atoms with Crippen LogP contribution in [-0.2, 0) is 0 Å². The Bertz CT molecular complexity index is 241. The third-order valence-corrected chi connectivity index (χ3v) is 3.49. The van der Waals surface area contributed by atoms with Crippen LogP contribution in [0.15, 0.2) is 0 Å². The molecular weight excluding hydrogens is 194 g/mol. The Labute approximate surface area is 101 Å². The Morgan fingerprint density at radius 2 is 1.75 bits per heavy atom. The molecule has 0 unspecified atom stereocenters. The van der Waals surface area contributed by atoms with Crippen LogP contribution in [0.4, 0.5) is 0 Å². The van der Waals surface area contributed by atoms with Crippen LogP contribution in [0, 0.1) is 23.2 Å². The number of hydrogen-bond donors (Lipinski definition) is 1. The second-order valence-corrected chi connectivity index (χ2v) is 6.87. The molecule has 0 aliphatic heterocycles. The molecule has 0 aromatic carbocycles. The molecule has 1 saturated carbocycles. The van der Waals surface area contributed by atoms with Crippen molar-refractivity contribution >= 4 is 0 Å². The van der Waals surface area contributed by atoms with Crippen LogP contribution in [0.3, 0.4) is 0 Å². The van der Waals surface area contributed by atoms with E-state index in [1.807, 2.05) is 0 Å². The summed E-state index contributed by atoms with van der Waals surface area (Å²) in [7, 11) is 0. The largest absolute Gasteiger partial charge is 0.314 e. The van der Waals surface area contributed by atoms with Gasteiger partial charge in [0.15, 0.2) is 0 Å². The van der Waals surface area contributed by atoms with E-state index in [4.69, 9.17) is 6.42 Å². The summed E-state index contributed by atoms with van der Waals surface area (Å²) in [4.78, 5) is 0. The molecule has 16 heavy (non-hydrogen) atoms. The Hall–Kier alpha value is -0.480. The van der Waals surface area contributed by atoms with E-state index in [1.165, 1.54) is 19.3 Å². The SMILES string of the molecule is C#CCCCNC1CC(C)(C)CC(C)(C)C1. The molecule has 1 rings (SSSR count). The van der Waals surface area contributed by atoms with Gasteiger partial charge in [0.25, 0.3) is 0 Å². The molecule has 1 aliphatic carbocycles. The summed E-state index contributed by atoms with van der Waals surface area (Å²) in [5.41, 5.74) is 0.955. The molecule has 0 aromatic heterocycles. The molecule has 1 nitrogen and oxygen atoms in total. The molecule has 0 aromatic rings. The van der Waals surface area contributed by atoms with E-state index in [-0.39, 0.29) is 0 Å². The van der Waals surface area contributed by atoms with Crippen molar-refractivity contribution in [3.05, 3.63) is 0 Å². The van der Waals surface area contributed by atoms with Gasteiger partial charge in [0, 0.05) is 12.5 Å². The van der Waals surface area contributed by atoms with E-state index in [0.717, 1.165) is 19.4 Å². The molecule has 1 heteroatoms. The van der Waals surface area contributed by atoms with Crippen molar-refractivity contribution in [2.24, 2.45) is 10.8 Å². The van der Waals surface area contributed by atoms with Crippen LogP contribution in [0.2, 0.25) is 0 Å². The monoisotopic (exact) mass is 221 g/mol. The number of rotatable bonds is 4. The highest BCUT2D eigenvalue weighted by molar-refractivity contribution is 4.92. The summed E-state index contributed by atoms with van der Waals surface area (Å²) in [5.74, 6) is 2.70. The molecule has 0 saturated heterocycles. The van der Waals surface area contributed by atoms with E-state index in [2.05, 4.69) is 38.9 Å². The summed E-state index contributed by atoms with van der Waals surface area (Å²) in [5, 5.41) is 3.67. The predicted molar refractivity (Wildman–Crippen MR) is 71.3 cm³/mol. The molecule has 0 atom stereocenters. The average molecular weight is 221 g/mol. The van der Waals surface area contributed by atoms with Gasteiger partial charge in [0.1, 0.15) is 0 Å². The van der Waals surface area contributed by atoms with E-state index < -0.39 is 0 Å². The molecule has 0 bridgehead atoms. The smallest absolute Gasteiger partial charge is 0.00981 e. The minimum Gasteiger partial charge on any atom is -0.314 e. The van der Waals surface area contributed by atoms with Crippen LogP contribution in [0.5, 0.6) is 0 Å². The van der Waals surface area contributed by atoms with Gasteiger partial charge in [-0.1, -0.05) is 27.7 Å². The van der Waals surface area contributed by atoms with E-state index >= 15 is 0 Å². The lowest BCUT2D eigenvalue weighted by atomic mass is 9.63. The minimum absolute atomic E-state index is 0.478. The lowest BCUT2D eigenvalue weighted by Gasteiger charge is -2.45. The maximum Gasteiger partial charge on any atom is 0.00981 e. The fourth-order valence-corrected chi connectivity index (χ4v) is 3.49. The first-order chi connectivity index (χ1) is 7.35. The molecular formula is C15H27N. The van der Waals surface area contributed by atoms with Crippen LogP contribution in [0.1, 0.15) is 59.8 Å². The van der Waals surface area contributed by atoms with Crippen molar-refractivity contribution in [2.75, 3.05) is 6.54 Å². The highest BCUT2D eigenvalue weighted by Gasteiger charge is 2.37. The maximum atomic E-state index is 5.26. The van der Waals surface area contributed by atoms with Gasteiger partial charge in [-0.05, 0) is 43.1 Å². The zero-order chi connectivity index (χ0) is 12.2. The van der Waals surface area contributed by atoms with Crippen LogP contribution in [-0.4, -0.2) is 12.6 Å². The van der Waals surface area contributed by atoms with Crippen LogP contribution >= 0.6 is 0 Å². The van der Waals surface area contributed by atoms with Gasteiger partial charge in [-0.3, -0.25) is 0 Å². The summed E-state index contributed by atoms with van der Waals surface area (Å²) in [6.07, 6.45) is 11.2. The summed E-state index contributed by atoms with van der Waals surface area (Å²) in [6.45, 7) is 10.6. The second-order valence-electron chi connectivity index (χ2n) is 6.87. The van der Waals surface area contributed by atoms with E-state index in [1.54, 1.807) is 0 Å². The normalized spacial score (nSPS) is 23.9. The molecule has 0 radical (unpaired) electrons. The first-order valence-electron chi connectivity index (χ1n) is 6.52. The lowest BCUT2D eigenvalue weighted by molar-refractivity contribution is 0.0852. The highest BCUT2D eigenvalue weighted by Crippen LogP contribution is 2.45. The van der Waals surface area contributed by atoms with Crippen molar-refractivity contribution in [3.8, 4) is 12.3 Å². The Kier molecular flexibility index (Phi) is 4.44. The third-order valence-electron chi connectivity index (χ3n) is 3.49. The first kappa shape index (κ1) is 13.6. The summed E-state index contributed by atoms with van der Waals surface area (Å²) >= 11 is 0. The van der Waals surface area contributed by atoms with Crippen molar-refractivity contribution in [2.45, 2.75) is 65.8 Å². The Balaban J connectivity index is 2.39. The van der Waals surface area contributed by atoms with Gasteiger partial charge in [0.05, 0.1) is 0 Å². The van der Waals surface area contributed by atoms with E-state index in [9.17, 15) is 0 Å². The molecule has 1 N–H and O–H groups in total. The van der Waals surface area contributed by atoms with Crippen LogP contribution in [0.25, 0.3) is 0 Å². The summed E-state index contributed by atoms with van der Waals surface area (Å²) < 4.78 is 0. The van der Waals surface area contributed by atoms with Gasteiger partial charge in [0.2, 0.25) is 0 Å². The van der Waals surface area contributed by atoms with Gasteiger partial charge >= 0.3 is 0 Å². The van der Waals surface area contributed by atoms with Gasteiger partial charge < -0.3 is 5.32 Å². The van der Waals surface area contributed by atoms with Gasteiger partial charge in [-0.15, -0.1) is 12.3 Å². The number of nitrogens with one attached hydrogen (secondary N) is 1. The Morgan fingerprint density at radius 3 is 2.25 bits per heavy atom. The molecule has 0 spiro atoms. The quantitative estimate of drug-likeness (QED) is 0.565. The fraction of sp³-hybridized carbons (Fsp3) is 0.867. The van der Waals surface area contributed by atoms with Gasteiger partial charge in [-0.2, -0.15) is 0 Å². The topological polar surface area (TPSA) is 12.0 Å². The molecule has 1 fully saturated rings. The standard InChI is InChI=1S/C15H27N/c1-6-7-8-9-16-13-10-14(2,3)12-15(4,5)11-13/h1,13,16H,7-12H2,2-5H3. The zero-order valence-electron chi connectivity index (χ0n) is 11.4. The third kappa shape index (κ3) is 4.58. The number of terminal acetylenes is 1. The van der Waals surface area contributed by atoms with Crippen molar-refractivity contribution in [1.82, 2.24) is 5.32 Å². The van der Waals surface area contributed by atoms with Crippen molar-refractivity contribution in [3.63, 3.8) is 0 Å². The van der Waals surface area contributed by atoms with Gasteiger partial charge in [-0.25, -0.2) is 0 Å².